The molecule has 0 spiro atoms. The van der Waals surface area contributed by atoms with E-state index in [1.54, 1.807) is 0 Å². The van der Waals surface area contributed by atoms with Crippen LogP contribution in [0.3, 0.4) is 0 Å². The van der Waals surface area contributed by atoms with Gasteiger partial charge in [0.25, 0.3) is 0 Å². The maximum absolute atomic E-state index is 6.22. The number of benzene rings is 1. The second-order valence-electron chi connectivity index (χ2n) is 5.40. The Bertz CT molecular complexity index is 399. The molecule has 1 aliphatic carbocycles. The normalized spacial score (nSPS) is 18.2. The van der Waals surface area contributed by atoms with Gasteiger partial charge in [-0.3, -0.25) is 0 Å². The van der Waals surface area contributed by atoms with Crippen molar-refractivity contribution in [2.75, 3.05) is 6.54 Å². The molecule has 0 aromatic heterocycles. The molecule has 1 N–H and O–H groups in total. The highest BCUT2D eigenvalue weighted by Gasteiger charge is 2.31. The molecular formula is C15H21BrClN. The van der Waals surface area contributed by atoms with E-state index < -0.39 is 0 Å². The molecule has 2 rings (SSSR count). The Labute approximate surface area is 123 Å². The minimum atomic E-state index is 0.543. The molecule has 0 aliphatic heterocycles. The van der Waals surface area contributed by atoms with Gasteiger partial charge in [0.15, 0.2) is 0 Å². The van der Waals surface area contributed by atoms with E-state index in [1.165, 1.54) is 37.7 Å². The van der Waals surface area contributed by atoms with Crippen LogP contribution >= 0.6 is 27.5 Å². The van der Waals surface area contributed by atoms with Crippen LogP contribution < -0.4 is 5.32 Å². The van der Waals surface area contributed by atoms with Crippen LogP contribution in [0.25, 0.3) is 0 Å². The average Bonchev–Trinajstić information content (AvgIpc) is 2.81. The smallest absolute Gasteiger partial charge is 0.0462 e. The number of hydrogen-bond acceptors (Lipinski definition) is 1. The predicted octanol–water partition coefficient (Wildman–Crippen LogP) is 5.16. The van der Waals surface area contributed by atoms with Crippen molar-refractivity contribution >= 4 is 27.5 Å². The number of rotatable bonds is 5. The number of halogens is 2. The van der Waals surface area contributed by atoms with Gasteiger partial charge in [0.05, 0.1) is 0 Å². The minimum Gasteiger partial charge on any atom is -0.312 e. The monoisotopic (exact) mass is 329 g/mol. The zero-order chi connectivity index (χ0) is 13.0. The van der Waals surface area contributed by atoms with E-state index in [-0.39, 0.29) is 0 Å². The summed E-state index contributed by atoms with van der Waals surface area (Å²) in [6, 6.07) is 6.10. The molecule has 1 aliphatic rings. The van der Waals surface area contributed by atoms with Crippen LogP contribution in [0, 0.1) is 5.41 Å². The lowest BCUT2D eigenvalue weighted by molar-refractivity contribution is 0.268. The quantitative estimate of drug-likeness (QED) is 0.786. The van der Waals surface area contributed by atoms with Gasteiger partial charge in [-0.25, -0.2) is 0 Å². The van der Waals surface area contributed by atoms with Crippen molar-refractivity contribution in [3.05, 3.63) is 33.3 Å². The van der Waals surface area contributed by atoms with Crippen LogP contribution in [-0.4, -0.2) is 6.54 Å². The molecule has 1 saturated carbocycles. The SMILES string of the molecule is CCC1(CNCc2ccc(Br)cc2Cl)CCCC1. The fourth-order valence-corrected chi connectivity index (χ4v) is 3.65. The molecule has 1 aromatic carbocycles. The first-order valence-electron chi connectivity index (χ1n) is 6.80. The maximum atomic E-state index is 6.22. The summed E-state index contributed by atoms with van der Waals surface area (Å²) >= 11 is 9.66. The van der Waals surface area contributed by atoms with E-state index in [0.717, 1.165) is 22.6 Å². The van der Waals surface area contributed by atoms with Gasteiger partial charge in [-0.2, -0.15) is 0 Å². The van der Waals surface area contributed by atoms with Crippen molar-refractivity contribution in [1.82, 2.24) is 5.32 Å². The van der Waals surface area contributed by atoms with E-state index in [0.29, 0.717) is 5.41 Å². The van der Waals surface area contributed by atoms with Gasteiger partial charge < -0.3 is 5.32 Å². The van der Waals surface area contributed by atoms with E-state index in [1.807, 2.05) is 12.1 Å². The van der Waals surface area contributed by atoms with E-state index in [4.69, 9.17) is 11.6 Å². The first-order valence-corrected chi connectivity index (χ1v) is 7.97. The van der Waals surface area contributed by atoms with Crippen LogP contribution in [0.4, 0.5) is 0 Å². The standard InChI is InChI=1S/C15H21BrClN/c1-2-15(7-3-4-8-15)11-18-10-12-5-6-13(16)9-14(12)17/h5-6,9,18H,2-4,7-8,10-11H2,1H3. The first kappa shape index (κ1) is 14.4. The van der Waals surface area contributed by atoms with Gasteiger partial charge in [-0.05, 0) is 42.4 Å². The highest BCUT2D eigenvalue weighted by Crippen LogP contribution is 2.40. The summed E-state index contributed by atoms with van der Waals surface area (Å²) in [4.78, 5) is 0. The van der Waals surface area contributed by atoms with Crippen molar-refractivity contribution in [3.63, 3.8) is 0 Å². The van der Waals surface area contributed by atoms with Gasteiger partial charge in [0.1, 0.15) is 0 Å². The Kier molecular flexibility index (Phi) is 5.11. The third-order valence-electron chi connectivity index (χ3n) is 4.24. The van der Waals surface area contributed by atoms with Gasteiger partial charge >= 0.3 is 0 Å². The van der Waals surface area contributed by atoms with Crippen LogP contribution in [0.15, 0.2) is 22.7 Å². The van der Waals surface area contributed by atoms with Crippen molar-refractivity contribution < 1.29 is 0 Å². The molecule has 100 valence electrons. The molecule has 0 unspecified atom stereocenters. The predicted molar refractivity (Wildman–Crippen MR) is 82.1 cm³/mol. The Balaban J connectivity index is 1.88. The van der Waals surface area contributed by atoms with E-state index in [2.05, 4.69) is 34.2 Å². The molecule has 0 radical (unpaired) electrons. The van der Waals surface area contributed by atoms with Crippen molar-refractivity contribution in [2.24, 2.45) is 5.41 Å². The number of hydrogen-bond donors (Lipinski definition) is 1. The zero-order valence-corrected chi connectivity index (χ0v) is 13.3. The van der Waals surface area contributed by atoms with Crippen LogP contribution in [0.5, 0.6) is 0 Å². The summed E-state index contributed by atoms with van der Waals surface area (Å²) in [6.45, 7) is 4.31. The molecule has 0 heterocycles. The summed E-state index contributed by atoms with van der Waals surface area (Å²) < 4.78 is 1.04. The largest absolute Gasteiger partial charge is 0.312 e. The summed E-state index contributed by atoms with van der Waals surface area (Å²) in [5.74, 6) is 0. The fourth-order valence-electron chi connectivity index (χ4n) is 2.91. The van der Waals surface area contributed by atoms with Crippen molar-refractivity contribution in [1.29, 1.82) is 0 Å². The molecule has 18 heavy (non-hydrogen) atoms. The van der Waals surface area contributed by atoms with Crippen molar-refractivity contribution in [2.45, 2.75) is 45.6 Å². The molecule has 0 bridgehead atoms. The van der Waals surface area contributed by atoms with Gasteiger partial charge in [-0.1, -0.05) is 53.4 Å². The number of nitrogens with one attached hydrogen (secondary N) is 1. The Hall–Kier alpha value is -0.0500. The minimum absolute atomic E-state index is 0.543. The fraction of sp³-hybridized carbons (Fsp3) is 0.600. The Morgan fingerprint density at radius 2 is 2.06 bits per heavy atom. The molecule has 3 heteroatoms. The molecule has 0 amide bonds. The molecular weight excluding hydrogens is 310 g/mol. The molecule has 1 nitrogen and oxygen atoms in total. The molecule has 0 saturated heterocycles. The summed E-state index contributed by atoms with van der Waals surface area (Å²) in [6.07, 6.45) is 6.84. The van der Waals surface area contributed by atoms with Crippen LogP contribution in [0.2, 0.25) is 5.02 Å². The van der Waals surface area contributed by atoms with Gasteiger partial charge in [-0.15, -0.1) is 0 Å². The average molecular weight is 331 g/mol. The highest BCUT2D eigenvalue weighted by atomic mass is 79.9. The summed E-state index contributed by atoms with van der Waals surface area (Å²) in [5, 5.41) is 4.44. The lowest BCUT2D eigenvalue weighted by Crippen LogP contribution is -2.31. The first-order chi connectivity index (χ1) is 8.65. The highest BCUT2D eigenvalue weighted by molar-refractivity contribution is 9.10. The molecule has 0 atom stereocenters. The Morgan fingerprint density at radius 3 is 2.67 bits per heavy atom. The second-order valence-corrected chi connectivity index (χ2v) is 6.72. The van der Waals surface area contributed by atoms with Gasteiger partial charge in [0, 0.05) is 22.6 Å². The maximum Gasteiger partial charge on any atom is 0.0462 e. The second kappa shape index (κ2) is 6.40. The van der Waals surface area contributed by atoms with Crippen molar-refractivity contribution in [3.8, 4) is 0 Å². The third kappa shape index (κ3) is 3.49. The zero-order valence-electron chi connectivity index (χ0n) is 10.9. The van der Waals surface area contributed by atoms with Gasteiger partial charge in [0.2, 0.25) is 0 Å². The lowest BCUT2D eigenvalue weighted by atomic mass is 9.83. The summed E-state index contributed by atoms with van der Waals surface area (Å²) in [5.41, 5.74) is 1.73. The van der Waals surface area contributed by atoms with E-state index in [9.17, 15) is 0 Å². The van der Waals surface area contributed by atoms with Crippen LogP contribution in [0.1, 0.15) is 44.6 Å². The molecule has 1 aromatic rings. The summed E-state index contributed by atoms with van der Waals surface area (Å²) in [7, 11) is 0. The molecule has 1 fully saturated rings. The topological polar surface area (TPSA) is 12.0 Å². The lowest BCUT2D eigenvalue weighted by Gasteiger charge is -2.28. The van der Waals surface area contributed by atoms with E-state index >= 15 is 0 Å². The third-order valence-corrected chi connectivity index (χ3v) is 5.09. The van der Waals surface area contributed by atoms with Crippen LogP contribution in [-0.2, 0) is 6.54 Å². The Morgan fingerprint density at radius 1 is 1.33 bits per heavy atom.